The molecule has 1 rings (SSSR count). The molecule has 0 aromatic heterocycles. The zero-order valence-electron chi connectivity index (χ0n) is 7.12. The number of halogens is 1. The van der Waals surface area contributed by atoms with Gasteiger partial charge in [0.1, 0.15) is 6.10 Å². The molecule has 0 spiro atoms. The molecule has 1 heterocycles. The van der Waals surface area contributed by atoms with Crippen LogP contribution >= 0.6 is 0 Å². The quantitative estimate of drug-likeness (QED) is 0.626. The van der Waals surface area contributed by atoms with Gasteiger partial charge in [-0.3, -0.25) is 0 Å². The van der Waals surface area contributed by atoms with E-state index in [1.165, 1.54) is 0 Å². The minimum atomic E-state index is -1.22. The van der Waals surface area contributed by atoms with Crippen molar-refractivity contribution in [3.63, 3.8) is 0 Å². The molecule has 0 radical (unpaired) electrons. The van der Waals surface area contributed by atoms with E-state index in [9.17, 15) is 9.50 Å². The van der Waals surface area contributed by atoms with Gasteiger partial charge in [0.2, 0.25) is 0 Å². The molecule has 2 nitrogen and oxygen atoms in total. The van der Waals surface area contributed by atoms with Crippen molar-refractivity contribution in [2.75, 3.05) is 0 Å². The van der Waals surface area contributed by atoms with Gasteiger partial charge in [0.05, 0.1) is 12.2 Å². The van der Waals surface area contributed by atoms with Crippen LogP contribution in [0.5, 0.6) is 0 Å². The van der Waals surface area contributed by atoms with E-state index in [0.29, 0.717) is 0 Å². The Labute approximate surface area is 66.4 Å². The molecule has 0 aliphatic carbocycles. The maximum absolute atomic E-state index is 12.9. The summed E-state index contributed by atoms with van der Waals surface area (Å²) in [4.78, 5) is 0. The van der Waals surface area contributed by atoms with Gasteiger partial charge in [0.15, 0.2) is 6.17 Å². The van der Waals surface area contributed by atoms with E-state index in [1.807, 2.05) is 13.8 Å². The highest BCUT2D eigenvalue weighted by atomic mass is 19.1. The van der Waals surface area contributed by atoms with Crippen LogP contribution in [0.3, 0.4) is 0 Å². The average molecular weight is 162 g/mol. The molecule has 3 heteroatoms. The van der Waals surface area contributed by atoms with Crippen molar-refractivity contribution in [3.05, 3.63) is 0 Å². The van der Waals surface area contributed by atoms with Gasteiger partial charge in [-0.05, 0) is 12.8 Å². The highest BCUT2D eigenvalue weighted by Gasteiger charge is 2.42. The molecule has 1 aliphatic rings. The molecular weight excluding hydrogens is 147 g/mol. The highest BCUT2D eigenvalue weighted by molar-refractivity contribution is 4.89. The molecule has 1 N–H and O–H groups in total. The van der Waals surface area contributed by atoms with E-state index in [4.69, 9.17) is 4.74 Å². The molecule has 1 aliphatic heterocycles. The lowest BCUT2D eigenvalue weighted by molar-refractivity contribution is -0.0114. The summed E-state index contributed by atoms with van der Waals surface area (Å²) < 4.78 is 18.2. The normalized spacial score (nSPS) is 45.3. The van der Waals surface area contributed by atoms with Crippen LogP contribution in [0.2, 0.25) is 0 Å². The van der Waals surface area contributed by atoms with Crippen molar-refractivity contribution in [1.29, 1.82) is 0 Å². The summed E-state index contributed by atoms with van der Waals surface area (Å²) in [6.07, 6.45) is -2.95. The summed E-state index contributed by atoms with van der Waals surface area (Å²) in [5.74, 6) is 0.174. The van der Waals surface area contributed by atoms with E-state index in [2.05, 4.69) is 0 Å². The second kappa shape index (κ2) is 3.07. The second-order valence-corrected chi connectivity index (χ2v) is 3.48. The second-order valence-electron chi connectivity index (χ2n) is 3.48. The number of aliphatic hydroxyl groups excluding tert-OH is 1. The Hall–Kier alpha value is -0.150. The molecule has 0 amide bonds. The van der Waals surface area contributed by atoms with E-state index < -0.39 is 18.4 Å². The maximum atomic E-state index is 12.9. The van der Waals surface area contributed by atoms with Crippen LogP contribution in [0.4, 0.5) is 4.39 Å². The molecule has 0 aromatic carbocycles. The Morgan fingerprint density at radius 1 is 1.45 bits per heavy atom. The molecular formula is C8H15FO2. The first-order valence-electron chi connectivity index (χ1n) is 4.01. The SMILES string of the molecule is CC(C)[C@@H]1O[C@H](C)[C@H](F)[C@H]1O. The molecule has 1 fully saturated rings. The first-order chi connectivity index (χ1) is 5.04. The van der Waals surface area contributed by atoms with Crippen molar-refractivity contribution in [2.24, 2.45) is 5.92 Å². The van der Waals surface area contributed by atoms with Crippen LogP contribution in [-0.2, 0) is 4.74 Å². The Kier molecular flexibility index (Phi) is 2.50. The fraction of sp³-hybridized carbons (Fsp3) is 1.00. The largest absolute Gasteiger partial charge is 0.387 e. The number of hydrogen-bond acceptors (Lipinski definition) is 2. The molecule has 0 unspecified atom stereocenters. The van der Waals surface area contributed by atoms with Crippen LogP contribution in [0.15, 0.2) is 0 Å². The van der Waals surface area contributed by atoms with Crippen LogP contribution in [0.25, 0.3) is 0 Å². The van der Waals surface area contributed by atoms with Gasteiger partial charge >= 0.3 is 0 Å². The summed E-state index contributed by atoms with van der Waals surface area (Å²) in [5.41, 5.74) is 0. The molecule has 4 atom stereocenters. The lowest BCUT2D eigenvalue weighted by atomic mass is 10.0. The summed E-state index contributed by atoms with van der Waals surface area (Å²) in [5, 5.41) is 9.30. The van der Waals surface area contributed by atoms with Gasteiger partial charge < -0.3 is 9.84 Å². The van der Waals surface area contributed by atoms with Crippen molar-refractivity contribution in [1.82, 2.24) is 0 Å². The molecule has 0 bridgehead atoms. The fourth-order valence-electron chi connectivity index (χ4n) is 1.41. The van der Waals surface area contributed by atoms with Gasteiger partial charge in [-0.15, -0.1) is 0 Å². The number of aliphatic hydroxyl groups is 1. The predicted octanol–water partition coefficient (Wildman–Crippen LogP) is 1.13. The Balaban J connectivity index is 2.59. The summed E-state index contributed by atoms with van der Waals surface area (Å²) in [7, 11) is 0. The van der Waals surface area contributed by atoms with Crippen molar-refractivity contribution >= 4 is 0 Å². The Morgan fingerprint density at radius 2 is 2.00 bits per heavy atom. The number of ether oxygens (including phenoxy) is 1. The Morgan fingerprint density at radius 3 is 2.18 bits per heavy atom. The number of hydrogen-bond donors (Lipinski definition) is 1. The lowest BCUT2D eigenvalue weighted by Crippen LogP contribution is -2.31. The van der Waals surface area contributed by atoms with Gasteiger partial charge in [0.25, 0.3) is 0 Å². The summed E-state index contributed by atoms with van der Waals surface area (Å²) >= 11 is 0. The van der Waals surface area contributed by atoms with Gasteiger partial charge in [0, 0.05) is 0 Å². The van der Waals surface area contributed by atoms with Crippen LogP contribution in [0.1, 0.15) is 20.8 Å². The monoisotopic (exact) mass is 162 g/mol. The zero-order chi connectivity index (χ0) is 8.59. The first kappa shape index (κ1) is 8.94. The lowest BCUT2D eigenvalue weighted by Gasteiger charge is -2.17. The fourth-order valence-corrected chi connectivity index (χ4v) is 1.41. The van der Waals surface area contributed by atoms with E-state index >= 15 is 0 Å². The van der Waals surface area contributed by atoms with Crippen LogP contribution in [-0.4, -0.2) is 29.6 Å². The average Bonchev–Trinajstić information content (AvgIpc) is 2.17. The number of rotatable bonds is 1. The van der Waals surface area contributed by atoms with E-state index in [1.54, 1.807) is 6.92 Å². The molecule has 0 saturated carbocycles. The topological polar surface area (TPSA) is 29.5 Å². The third kappa shape index (κ3) is 1.54. The summed E-state index contributed by atoms with van der Waals surface area (Å²) in [6.45, 7) is 5.48. The number of alkyl halides is 1. The first-order valence-corrected chi connectivity index (χ1v) is 4.01. The van der Waals surface area contributed by atoms with Crippen molar-refractivity contribution < 1.29 is 14.2 Å². The third-order valence-corrected chi connectivity index (χ3v) is 2.14. The Bertz CT molecular complexity index is 138. The van der Waals surface area contributed by atoms with Gasteiger partial charge in [-0.1, -0.05) is 13.8 Å². The van der Waals surface area contributed by atoms with Crippen molar-refractivity contribution in [3.8, 4) is 0 Å². The molecule has 66 valence electrons. The predicted molar refractivity (Wildman–Crippen MR) is 40.1 cm³/mol. The standard InChI is InChI=1S/C8H15FO2/c1-4(2)8-7(10)6(9)5(3)11-8/h4-8,10H,1-3H3/t5-,6+,7-,8+/m1/s1. The smallest absolute Gasteiger partial charge is 0.154 e. The third-order valence-electron chi connectivity index (χ3n) is 2.14. The zero-order valence-corrected chi connectivity index (χ0v) is 7.12. The van der Waals surface area contributed by atoms with E-state index in [-0.39, 0.29) is 12.0 Å². The highest BCUT2D eigenvalue weighted by Crippen LogP contribution is 2.27. The van der Waals surface area contributed by atoms with Gasteiger partial charge in [-0.25, -0.2) is 4.39 Å². The molecule has 0 aromatic rings. The maximum Gasteiger partial charge on any atom is 0.154 e. The molecule has 1 saturated heterocycles. The van der Waals surface area contributed by atoms with Crippen LogP contribution < -0.4 is 0 Å². The van der Waals surface area contributed by atoms with Crippen LogP contribution in [0, 0.1) is 5.92 Å². The van der Waals surface area contributed by atoms with Gasteiger partial charge in [-0.2, -0.15) is 0 Å². The minimum absolute atomic E-state index is 0.174. The minimum Gasteiger partial charge on any atom is -0.387 e. The molecule has 11 heavy (non-hydrogen) atoms. The van der Waals surface area contributed by atoms with Crippen molar-refractivity contribution in [2.45, 2.75) is 45.3 Å². The van der Waals surface area contributed by atoms with E-state index in [0.717, 1.165) is 0 Å². The summed E-state index contributed by atoms with van der Waals surface area (Å²) in [6, 6.07) is 0.